The summed E-state index contributed by atoms with van der Waals surface area (Å²) in [6.07, 6.45) is 2.51. The molecular weight excluding hydrogens is 282 g/mol. The van der Waals surface area contributed by atoms with Crippen molar-refractivity contribution in [1.82, 2.24) is 4.98 Å². The SMILES string of the molecule is O=Cc1cc(OCc2ccccn2)ccc1Br. The number of hydrogen-bond donors (Lipinski definition) is 0. The molecule has 0 spiro atoms. The van der Waals surface area contributed by atoms with Gasteiger partial charge < -0.3 is 4.74 Å². The van der Waals surface area contributed by atoms with Gasteiger partial charge >= 0.3 is 0 Å². The second-order valence-corrected chi connectivity index (χ2v) is 4.27. The van der Waals surface area contributed by atoms with E-state index in [9.17, 15) is 4.79 Å². The Morgan fingerprint density at radius 1 is 1.29 bits per heavy atom. The van der Waals surface area contributed by atoms with E-state index in [1.165, 1.54) is 0 Å². The Balaban J connectivity index is 2.07. The first kappa shape index (κ1) is 11.8. The Morgan fingerprint density at radius 3 is 2.88 bits per heavy atom. The second-order valence-electron chi connectivity index (χ2n) is 3.41. The molecule has 2 rings (SSSR count). The quantitative estimate of drug-likeness (QED) is 0.812. The molecule has 86 valence electrons. The number of rotatable bonds is 4. The highest BCUT2D eigenvalue weighted by atomic mass is 79.9. The summed E-state index contributed by atoms with van der Waals surface area (Å²) in [5, 5.41) is 0. The van der Waals surface area contributed by atoms with Crippen LogP contribution in [-0.2, 0) is 6.61 Å². The van der Waals surface area contributed by atoms with E-state index < -0.39 is 0 Å². The molecule has 0 saturated carbocycles. The van der Waals surface area contributed by atoms with E-state index in [1.54, 1.807) is 24.4 Å². The molecule has 0 aliphatic carbocycles. The second kappa shape index (κ2) is 5.59. The standard InChI is InChI=1S/C13H10BrNO2/c14-13-5-4-12(7-10(13)8-16)17-9-11-3-1-2-6-15-11/h1-8H,9H2. The third kappa shape index (κ3) is 3.14. The summed E-state index contributed by atoms with van der Waals surface area (Å²) >= 11 is 3.29. The van der Waals surface area contributed by atoms with E-state index in [2.05, 4.69) is 20.9 Å². The van der Waals surface area contributed by atoms with Crippen LogP contribution in [0.15, 0.2) is 47.1 Å². The smallest absolute Gasteiger partial charge is 0.151 e. The topological polar surface area (TPSA) is 39.2 Å². The lowest BCUT2D eigenvalue weighted by atomic mass is 10.2. The van der Waals surface area contributed by atoms with Gasteiger partial charge in [-0.1, -0.05) is 22.0 Å². The molecule has 0 aliphatic heterocycles. The number of benzene rings is 1. The molecule has 2 aromatic rings. The Labute approximate surface area is 108 Å². The molecule has 0 aliphatic rings. The number of halogens is 1. The van der Waals surface area contributed by atoms with Crippen LogP contribution in [0.4, 0.5) is 0 Å². The van der Waals surface area contributed by atoms with E-state index in [-0.39, 0.29) is 0 Å². The van der Waals surface area contributed by atoms with Crippen molar-refractivity contribution in [2.75, 3.05) is 0 Å². The van der Waals surface area contributed by atoms with Gasteiger partial charge in [-0.15, -0.1) is 0 Å². The van der Waals surface area contributed by atoms with Crippen molar-refractivity contribution in [2.45, 2.75) is 6.61 Å². The van der Waals surface area contributed by atoms with Crippen molar-refractivity contribution in [1.29, 1.82) is 0 Å². The first-order valence-electron chi connectivity index (χ1n) is 5.07. The van der Waals surface area contributed by atoms with Crippen LogP contribution >= 0.6 is 15.9 Å². The van der Waals surface area contributed by atoms with Gasteiger partial charge in [0.05, 0.1) is 5.69 Å². The molecule has 1 aromatic carbocycles. The van der Waals surface area contributed by atoms with E-state index in [4.69, 9.17) is 4.74 Å². The fourth-order valence-corrected chi connectivity index (χ4v) is 1.68. The highest BCUT2D eigenvalue weighted by molar-refractivity contribution is 9.10. The first-order valence-corrected chi connectivity index (χ1v) is 5.86. The van der Waals surface area contributed by atoms with Crippen LogP contribution in [-0.4, -0.2) is 11.3 Å². The number of carbonyl (C=O) groups is 1. The average molecular weight is 292 g/mol. The molecule has 0 N–H and O–H groups in total. The van der Waals surface area contributed by atoms with Gasteiger partial charge in [-0.3, -0.25) is 9.78 Å². The average Bonchev–Trinajstić information content (AvgIpc) is 2.39. The Hall–Kier alpha value is -1.68. The molecule has 17 heavy (non-hydrogen) atoms. The van der Waals surface area contributed by atoms with E-state index >= 15 is 0 Å². The monoisotopic (exact) mass is 291 g/mol. The van der Waals surface area contributed by atoms with Gasteiger partial charge in [0.15, 0.2) is 6.29 Å². The number of hydrogen-bond acceptors (Lipinski definition) is 3. The number of aldehydes is 1. The van der Waals surface area contributed by atoms with Crippen LogP contribution in [0.25, 0.3) is 0 Å². The number of ether oxygens (including phenoxy) is 1. The highest BCUT2D eigenvalue weighted by Gasteiger charge is 2.02. The van der Waals surface area contributed by atoms with Gasteiger partial charge in [0.25, 0.3) is 0 Å². The zero-order chi connectivity index (χ0) is 12.1. The lowest BCUT2D eigenvalue weighted by molar-refractivity contribution is 0.112. The number of nitrogens with zero attached hydrogens (tertiary/aromatic N) is 1. The Morgan fingerprint density at radius 2 is 2.18 bits per heavy atom. The van der Waals surface area contributed by atoms with Crippen LogP contribution in [0.5, 0.6) is 5.75 Å². The van der Waals surface area contributed by atoms with Crippen LogP contribution in [0.3, 0.4) is 0 Å². The van der Waals surface area contributed by atoms with Crippen LogP contribution in [0.2, 0.25) is 0 Å². The highest BCUT2D eigenvalue weighted by Crippen LogP contribution is 2.21. The Kier molecular flexibility index (Phi) is 3.88. The summed E-state index contributed by atoms with van der Waals surface area (Å²) in [5.41, 5.74) is 1.42. The Bertz CT molecular complexity index is 514. The summed E-state index contributed by atoms with van der Waals surface area (Å²) in [6.45, 7) is 0.390. The summed E-state index contributed by atoms with van der Waals surface area (Å²) in [7, 11) is 0. The van der Waals surface area contributed by atoms with Gasteiger partial charge in [-0.25, -0.2) is 0 Å². The minimum Gasteiger partial charge on any atom is -0.487 e. The minimum atomic E-state index is 0.390. The molecule has 0 fully saturated rings. The zero-order valence-corrected chi connectivity index (χ0v) is 10.6. The summed E-state index contributed by atoms with van der Waals surface area (Å²) in [5.74, 6) is 0.654. The number of carbonyl (C=O) groups excluding carboxylic acids is 1. The summed E-state index contributed by atoms with van der Waals surface area (Å²) < 4.78 is 6.31. The lowest BCUT2D eigenvalue weighted by Gasteiger charge is -2.06. The molecule has 4 heteroatoms. The van der Waals surface area contributed by atoms with Gasteiger partial charge in [0.2, 0.25) is 0 Å². The van der Waals surface area contributed by atoms with Crippen molar-refractivity contribution < 1.29 is 9.53 Å². The maximum atomic E-state index is 10.8. The molecule has 1 aromatic heterocycles. The number of aromatic nitrogens is 1. The summed E-state index contributed by atoms with van der Waals surface area (Å²) in [6, 6.07) is 10.9. The lowest BCUT2D eigenvalue weighted by Crippen LogP contribution is -1.98. The van der Waals surface area contributed by atoms with E-state index in [0.717, 1.165) is 16.5 Å². The van der Waals surface area contributed by atoms with Crippen molar-refractivity contribution >= 4 is 22.2 Å². The van der Waals surface area contributed by atoms with Crippen molar-refractivity contribution in [2.24, 2.45) is 0 Å². The molecule has 1 heterocycles. The van der Waals surface area contributed by atoms with E-state index in [1.807, 2.05) is 18.2 Å². The third-order valence-corrected chi connectivity index (χ3v) is 2.93. The maximum absolute atomic E-state index is 10.8. The fourth-order valence-electron chi connectivity index (χ4n) is 1.34. The molecule has 0 amide bonds. The van der Waals surface area contributed by atoms with Crippen LogP contribution < -0.4 is 4.74 Å². The van der Waals surface area contributed by atoms with Gasteiger partial charge in [0, 0.05) is 16.2 Å². The molecule has 0 unspecified atom stereocenters. The third-order valence-electron chi connectivity index (χ3n) is 2.21. The van der Waals surface area contributed by atoms with Crippen LogP contribution in [0.1, 0.15) is 16.1 Å². The molecule has 0 bridgehead atoms. The van der Waals surface area contributed by atoms with Crippen molar-refractivity contribution in [3.8, 4) is 5.75 Å². The normalized spacial score (nSPS) is 9.94. The minimum absolute atomic E-state index is 0.390. The molecule has 0 radical (unpaired) electrons. The fraction of sp³-hybridized carbons (Fsp3) is 0.0769. The van der Waals surface area contributed by atoms with Crippen molar-refractivity contribution in [3.63, 3.8) is 0 Å². The molecule has 0 atom stereocenters. The van der Waals surface area contributed by atoms with Gasteiger partial charge in [0.1, 0.15) is 12.4 Å². The predicted molar refractivity (Wildman–Crippen MR) is 68.1 cm³/mol. The molecular formula is C13H10BrNO2. The van der Waals surface area contributed by atoms with Crippen molar-refractivity contribution in [3.05, 3.63) is 58.3 Å². The number of pyridine rings is 1. The van der Waals surface area contributed by atoms with Gasteiger partial charge in [-0.2, -0.15) is 0 Å². The largest absolute Gasteiger partial charge is 0.487 e. The zero-order valence-electron chi connectivity index (χ0n) is 8.97. The predicted octanol–water partition coefficient (Wildman–Crippen LogP) is 3.24. The molecule has 0 saturated heterocycles. The van der Waals surface area contributed by atoms with Gasteiger partial charge in [-0.05, 0) is 30.3 Å². The van der Waals surface area contributed by atoms with E-state index in [0.29, 0.717) is 17.9 Å². The van der Waals surface area contributed by atoms with Crippen LogP contribution in [0, 0.1) is 0 Å². The summed E-state index contributed by atoms with van der Waals surface area (Å²) in [4.78, 5) is 14.9. The maximum Gasteiger partial charge on any atom is 0.151 e. The molecule has 3 nitrogen and oxygen atoms in total. The first-order chi connectivity index (χ1) is 8.29.